The van der Waals surface area contributed by atoms with Crippen molar-refractivity contribution in [1.82, 2.24) is 0 Å². The standard InChI is InChI=1S/C3H3O.Cr.Cu/c1-2-3-4;;/h2H,1H2;;. The molecule has 0 bridgehead atoms. The van der Waals surface area contributed by atoms with Crippen molar-refractivity contribution in [2.45, 2.75) is 0 Å². The van der Waals surface area contributed by atoms with E-state index >= 15 is 0 Å². The largest absolute Gasteiger partial charge is 0 e. The molecular weight excluding hydrogens is 168 g/mol. The zero-order chi connectivity index (χ0) is 4.28. The van der Waals surface area contributed by atoms with Crippen molar-refractivity contribution < 1.29 is 38.2 Å². The van der Waals surface area contributed by atoms with Crippen LogP contribution in [0.25, 0.3) is 0 Å². The fourth-order valence-electron chi connectivity index (χ4n) is 0. The molecule has 0 aliphatic rings. The molecule has 0 heterocycles. The van der Waals surface area contributed by atoms with Crippen molar-refractivity contribution >= 4 is 4.65 Å². The average Bonchev–Trinajstić information content (AvgIpc) is 1.38. The van der Waals surface area contributed by atoms with Crippen LogP contribution in [0, 0.1) is 0 Å². The molecule has 0 rings (SSSR count). The van der Waals surface area contributed by atoms with Crippen LogP contribution in [0.15, 0.2) is 12.7 Å². The van der Waals surface area contributed by atoms with Gasteiger partial charge in [0.15, 0.2) is 0 Å². The first-order valence-corrected chi connectivity index (χ1v) is 1.74. The van der Waals surface area contributed by atoms with Crippen LogP contribution >= 0.6 is 0 Å². The van der Waals surface area contributed by atoms with E-state index in [2.05, 4.69) is 22.9 Å². The molecule has 0 N–H and O–H groups in total. The van der Waals surface area contributed by atoms with Gasteiger partial charge in [-0.3, -0.25) is 0 Å². The summed E-state index contributed by atoms with van der Waals surface area (Å²) in [4.78, 5) is 9.64. The molecule has 1 radical (unpaired) electrons. The molecule has 0 atom stereocenters. The Morgan fingerprint density at radius 1 is 1.83 bits per heavy atom. The Hall–Kier alpha value is 0.462. The van der Waals surface area contributed by atoms with E-state index in [0.717, 1.165) is 0 Å². The fourth-order valence-corrected chi connectivity index (χ4v) is 0. The minimum absolute atomic E-state index is 0. The van der Waals surface area contributed by atoms with E-state index < -0.39 is 0 Å². The summed E-state index contributed by atoms with van der Waals surface area (Å²) >= 11 is 2.23. The van der Waals surface area contributed by atoms with Crippen molar-refractivity contribution in [1.29, 1.82) is 0 Å². The third-order valence-electron chi connectivity index (χ3n) is 0.167. The Morgan fingerprint density at radius 3 is 2.00 bits per heavy atom. The van der Waals surface area contributed by atoms with Crippen LogP contribution < -0.4 is 0 Å². The van der Waals surface area contributed by atoms with Gasteiger partial charge in [-0.15, -0.1) is 0 Å². The Balaban J connectivity index is 0. The summed E-state index contributed by atoms with van der Waals surface area (Å²) in [6.45, 7) is 3.18. The molecule has 1 nitrogen and oxygen atoms in total. The molecule has 0 aromatic heterocycles. The second kappa shape index (κ2) is 5.46. The Morgan fingerprint density at radius 2 is 2.00 bits per heavy atom. The summed E-state index contributed by atoms with van der Waals surface area (Å²) in [6.07, 6.45) is 1.22. The Kier molecular flexibility index (Phi) is 8.81. The van der Waals surface area contributed by atoms with Crippen LogP contribution in [0.5, 0.6) is 0 Å². The maximum atomic E-state index is 9.64. The number of carbonyl (C=O) groups excluding carboxylic acids is 1. The monoisotopic (exact) mass is 170 g/mol. The molecule has 0 fully saturated rings. The average molecular weight is 171 g/mol. The zero-order valence-electron chi connectivity index (χ0n) is 2.90. The van der Waals surface area contributed by atoms with Crippen LogP contribution in [0.1, 0.15) is 0 Å². The van der Waals surface area contributed by atoms with Crippen LogP contribution in [0.4, 0.5) is 0 Å². The first-order chi connectivity index (χ1) is 2.27. The van der Waals surface area contributed by atoms with Gasteiger partial charge >= 0.3 is 38.4 Å². The number of hydrogen-bond donors (Lipinski definition) is 0. The molecule has 0 aromatic carbocycles. The smallest absolute Gasteiger partial charge is 0 e. The second-order valence-electron chi connectivity index (χ2n) is 0.523. The maximum Gasteiger partial charge on any atom is 0 e. The first-order valence-electron chi connectivity index (χ1n) is 1.11. The summed E-state index contributed by atoms with van der Waals surface area (Å²) in [5.41, 5.74) is 0. The van der Waals surface area contributed by atoms with Crippen molar-refractivity contribution in [3.8, 4) is 0 Å². The van der Waals surface area contributed by atoms with Gasteiger partial charge in [-0.1, -0.05) is 0 Å². The molecule has 6 heavy (non-hydrogen) atoms. The Bertz CT molecular complexity index is 61.8. The van der Waals surface area contributed by atoms with Crippen LogP contribution in [-0.4, -0.2) is 4.65 Å². The topological polar surface area (TPSA) is 17.1 Å². The molecule has 0 saturated carbocycles. The third kappa shape index (κ3) is 8.82. The summed E-state index contributed by atoms with van der Waals surface area (Å²) in [5, 5.41) is 0. The molecule has 0 unspecified atom stereocenters. The number of carbonyl (C=O) groups is 1. The SMILES string of the molecule is C=C[C](=O)[Cr].[Cu]. The van der Waals surface area contributed by atoms with E-state index in [-0.39, 0.29) is 21.7 Å². The van der Waals surface area contributed by atoms with E-state index in [9.17, 15) is 4.79 Å². The van der Waals surface area contributed by atoms with E-state index in [1.807, 2.05) is 0 Å². The van der Waals surface area contributed by atoms with Gasteiger partial charge in [-0.05, 0) is 0 Å². The van der Waals surface area contributed by atoms with E-state index in [0.29, 0.717) is 0 Å². The van der Waals surface area contributed by atoms with Crippen molar-refractivity contribution in [2.24, 2.45) is 0 Å². The predicted octanol–water partition coefficient (Wildman–Crippen LogP) is 0.243. The van der Waals surface area contributed by atoms with Gasteiger partial charge in [-0.25, -0.2) is 0 Å². The Labute approximate surface area is 55.7 Å². The third-order valence-corrected chi connectivity index (χ3v) is 0.427. The predicted molar refractivity (Wildman–Crippen MR) is 15.2 cm³/mol. The number of hydrogen-bond acceptors (Lipinski definition) is 1. The van der Waals surface area contributed by atoms with Crippen molar-refractivity contribution in [3.05, 3.63) is 12.7 Å². The van der Waals surface area contributed by atoms with Gasteiger partial charge in [0.25, 0.3) is 0 Å². The molecule has 0 aromatic rings. The van der Waals surface area contributed by atoms with Gasteiger partial charge in [-0.2, -0.15) is 0 Å². The van der Waals surface area contributed by atoms with Crippen molar-refractivity contribution in [2.75, 3.05) is 0 Å². The number of allylic oxidation sites excluding steroid dienone is 1. The summed E-state index contributed by atoms with van der Waals surface area (Å²) < 4.78 is -0.106. The molecule has 0 aliphatic heterocycles. The quantitative estimate of drug-likeness (QED) is 0.407. The fraction of sp³-hybridized carbons (Fsp3) is 0. The van der Waals surface area contributed by atoms with Gasteiger partial charge < -0.3 is 0 Å². The summed E-state index contributed by atoms with van der Waals surface area (Å²) in [7, 11) is 0. The van der Waals surface area contributed by atoms with Crippen LogP contribution in [-0.2, 0) is 38.2 Å². The van der Waals surface area contributed by atoms with Gasteiger partial charge in [0.1, 0.15) is 0 Å². The van der Waals surface area contributed by atoms with E-state index in [1.54, 1.807) is 0 Å². The molecule has 3 heteroatoms. The molecule has 0 aliphatic carbocycles. The molecule has 0 spiro atoms. The summed E-state index contributed by atoms with van der Waals surface area (Å²) in [6, 6.07) is 0. The van der Waals surface area contributed by atoms with Crippen molar-refractivity contribution in [3.63, 3.8) is 0 Å². The molecule has 0 amide bonds. The van der Waals surface area contributed by atoms with Gasteiger partial charge in [0.2, 0.25) is 0 Å². The van der Waals surface area contributed by atoms with E-state index in [1.165, 1.54) is 6.08 Å². The second-order valence-corrected chi connectivity index (χ2v) is 1.15. The van der Waals surface area contributed by atoms with Gasteiger partial charge in [0.05, 0.1) is 0 Å². The minimum atomic E-state index is -0.106. The normalized spacial score (nSPS) is 5.33. The van der Waals surface area contributed by atoms with Crippen LogP contribution in [0.3, 0.4) is 0 Å². The zero-order valence-corrected chi connectivity index (χ0v) is 5.12. The maximum absolute atomic E-state index is 9.64. The summed E-state index contributed by atoms with van der Waals surface area (Å²) in [5.74, 6) is 0. The molecule has 0 saturated heterocycles. The molecular formula is C3H3CrCuO. The minimum Gasteiger partial charge on any atom is 0 e. The number of rotatable bonds is 1. The van der Waals surface area contributed by atoms with Gasteiger partial charge in [0, 0.05) is 17.1 Å². The van der Waals surface area contributed by atoms with Crippen LogP contribution in [0.2, 0.25) is 0 Å². The molecule has 38 valence electrons. The first kappa shape index (κ1) is 9.68. The van der Waals surface area contributed by atoms with E-state index in [4.69, 9.17) is 0 Å².